The van der Waals surface area contributed by atoms with Gasteiger partial charge < -0.3 is 20.6 Å². The van der Waals surface area contributed by atoms with Crippen LogP contribution in [0.4, 0.5) is 0 Å². The van der Waals surface area contributed by atoms with E-state index in [-0.39, 0.29) is 0 Å². The Morgan fingerprint density at radius 3 is 2.52 bits per heavy atom. The lowest BCUT2D eigenvalue weighted by atomic mass is 10.1. The van der Waals surface area contributed by atoms with E-state index >= 15 is 0 Å². The number of aliphatic imine (C=N–C) groups is 2. The summed E-state index contributed by atoms with van der Waals surface area (Å²) in [6.45, 7) is 5.64. The van der Waals surface area contributed by atoms with Crippen molar-refractivity contribution in [2.24, 2.45) is 9.98 Å². The first-order chi connectivity index (χ1) is 14.2. The maximum Gasteiger partial charge on any atom is 0.128 e. The van der Waals surface area contributed by atoms with Crippen LogP contribution in [0.3, 0.4) is 0 Å². The van der Waals surface area contributed by atoms with Crippen LogP contribution in [0, 0.1) is 0 Å². The number of rotatable bonds is 5. The minimum atomic E-state index is 0.851. The Labute approximate surface area is 169 Å². The van der Waals surface area contributed by atoms with E-state index in [9.17, 15) is 0 Å². The van der Waals surface area contributed by atoms with Crippen LogP contribution >= 0.6 is 0 Å². The minimum absolute atomic E-state index is 0.851. The third-order valence-electron chi connectivity index (χ3n) is 5.18. The van der Waals surface area contributed by atoms with E-state index in [4.69, 9.17) is 0 Å². The van der Waals surface area contributed by atoms with Crippen molar-refractivity contribution in [2.75, 3.05) is 26.2 Å². The lowest BCUT2D eigenvalue weighted by Crippen LogP contribution is -2.19. The molecule has 146 valence electrons. The molecule has 2 aliphatic rings. The van der Waals surface area contributed by atoms with Crippen molar-refractivity contribution in [2.45, 2.75) is 6.92 Å². The second kappa shape index (κ2) is 7.47. The highest BCUT2D eigenvalue weighted by atomic mass is 15.1. The van der Waals surface area contributed by atoms with Crippen molar-refractivity contribution in [1.29, 1.82) is 0 Å². The summed E-state index contributed by atoms with van der Waals surface area (Å²) >= 11 is 0. The van der Waals surface area contributed by atoms with Gasteiger partial charge in [0.1, 0.15) is 11.7 Å². The Hall–Kier alpha value is -3.54. The standard InChI is InChI=1S/C23H24N6/c1-15(22-24-8-9-25-22)12-19-6-4-18(28-19)5-7-20-13-16-2-3-17(14-21(16)29-20)23-26-10-11-27-23/h2-7,12-14,28-29H,8-11H2,1H3,(H,24,25)(H,26,27)/b7-5+,15-12+. The van der Waals surface area contributed by atoms with Crippen LogP contribution in [0.5, 0.6) is 0 Å². The Bertz CT molecular complexity index is 1170. The molecule has 3 aromatic rings. The van der Waals surface area contributed by atoms with E-state index in [0.717, 1.165) is 71.6 Å². The molecule has 0 unspecified atom stereocenters. The highest BCUT2D eigenvalue weighted by Gasteiger charge is 2.09. The fraction of sp³-hybridized carbons (Fsp3) is 0.217. The largest absolute Gasteiger partial charge is 0.368 e. The zero-order chi connectivity index (χ0) is 19.6. The second-order valence-electron chi connectivity index (χ2n) is 7.37. The van der Waals surface area contributed by atoms with Gasteiger partial charge in [-0.3, -0.25) is 9.98 Å². The summed E-state index contributed by atoms with van der Waals surface area (Å²) in [6.07, 6.45) is 6.31. The number of benzene rings is 1. The molecule has 1 aromatic carbocycles. The molecule has 5 rings (SSSR count). The molecule has 29 heavy (non-hydrogen) atoms. The smallest absolute Gasteiger partial charge is 0.128 e. The van der Waals surface area contributed by atoms with Crippen molar-refractivity contribution in [1.82, 2.24) is 20.6 Å². The van der Waals surface area contributed by atoms with Gasteiger partial charge in [-0.15, -0.1) is 0 Å². The number of H-pyrrole nitrogens is 2. The zero-order valence-electron chi connectivity index (χ0n) is 16.4. The van der Waals surface area contributed by atoms with Crippen molar-refractivity contribution >= 4 is 40.8 Å². The van der Waals surface area contributed by atoms with E-state index < -0.39 is 0 Å². The van der Waals surface area contributed by atoms with E-state index in [2.05, 4.69) is 92.1 Å². The first kappa shape index (κ1) is 17.6. The summed E-state index contributed by atoms with van der Waals surface area (Å²) in [5.74, 6) is 1.98. The van der Waals surface area contributed by atoms with Crippen LogP contribution in [0.15, 0.2) is 52.0 Å². The van der Waals surface area contributed by atoms with Gasteiger partial charge in [-0.2, -0.15) is 0 Å². The summed E-state index contributed by atoms with van der Waals surface area (Å²) in [5, 5.41) is 7.83. The number of aromatic amines is 2. The highest BCUT2D eigenvalue weighted by molar-refractivity contribution is 6.03. The Morgan fingerprint density at radius 1 is 0.862 bits per heavy atom. The van der Waals surface area contributed by atoms with Crippen LogP contribution in [0.25, 0.3) is 29.1 Å². The minimum Gasteiger partial charge on any atom is -0.368 e. The summed E-state index contributed by atoms with van der Waals surface area (Å²) in [5.41, 5.74) is 6.61. The van der Waals surface area contributed by atoms with Gasteiger partial charge in [0.2, 0.25) is 0 Å². The second-order valence-corrected chi connectivity index (χ2v) is 7.37. The Kier molecular flexibility index (Phi) is 4.52. The molecule has 0 saturated heterocycles. The predicted octanol–water partition coefficient (Wildman–Crippen LogP) is 3.42. The molecule has 0 fully saturated rings. The van der Waals surface area contributed by atoms with Gasteiger partial charge in [0.25, 0.3) is 0 Å². The lowest BCUT2D eigenvalue weighted by molar-refractivity contribution is 0.959. The normalized spacial score (nSPS) is 16.9. The molecular weight excluding hydrogens is 360 g/mol. The van der Waals surface area contributed by atoms with Crippen molar-refractivity contribution < 1.29 is 0 Å². The molecule has 2 aliphatic heterocycles. The van der Waals surface area contributed by atoms with Crippen molar-refractivity contribution in [3.63, 3.8) is 0 Å². The van der Waals surface area contributed by atoms with Crippen molar-refractivity contribution in [3.05, 3.63) is 64.6 Å². The first-order valence-corrected chi connectivity index (χ1v) is 10.0. The number of aromatic nitrogens is 2. The molecule has 0 saturated carbocycles. The maximum atomic E-state index is 4.50. The molecule has 4 N–H and O–H groups in total. The van der Waals surface area contributed by atoms with Crippen LogP contribution in [0.1, 0.15) is 29.6 Å². The zero-order valence-corrected chi connectivity index (χ0v) is 16.4. The summed E-state index contributed by atoms with van der Waals surface area (Å²) in [6, 6.07) is 12.8. The van der Waals surface area contributed by atoms with Gasteiger partial charge >= 0.3 is 0 Å². The van der Waals surface area contributed by atoms with Crippen LogP contribution in [-0.2, 0) is 0 Å². The Balaban J connectivity index is 1.33. The topological polar surface area (TPSA) is 80.4 Å². The number of amidine groups is 2. The number of hydrogen-bond donors (Lipinski definition) is 4. The van der Waals surface area contributed by atoms with E-state index in [1.54, 1.807) is 0 Å². The average molecular weight is 384 g/mol. The molecule has 0 atom stereocenters. The third-order valence-corrected chi connectivity index (χ3v) is 5.18. The molecule has 0 spiro atoms. The van der Waals surface area contributed by atoms with Crippen LogP contribution in [-0.4, -0.2) is 47.8 Å². The molecule has 0 amide bonds. The first-order valence-electron chi connectivity index (χ1n) is 10.0. The molecule has 0 bridgehead atoms. The van der Waals surface area contributed by atoms with Crippen molar-refractivity contribution in [3.8, 4) is 0 Å². The summed E-state index contributed by atoms with van der Waals surface area (Å²) < 4.78 is 0. The number of fused-ring (bicyclic) bond motifs is 1. The molecule has 0 radical (unpaired) electrons. The van der Waals surface area contributed by atoms with Gasteiger partial charge in [0.05, 0.1) is 13.1 Å². The number of nitrogens with one attached hydrogen (secondary N) is 4. The highest BCUT2D eigenvalue weighted by Crippen LogP contribution is 2.20. The van der Waals surface area contributed by atoms with Crippen LogP contribution in [0.2, 0.25) is 0 Å². The monoisotopic (exact) mass is 384 g/mol. The molecule has 6 heteroatoms. The fourth-order valence-electron chi connectivity index (χ4n) is 3.73. The van der Waals surface area contributed by atoms with E-state index in [1.165, 1.54) is 5.39 Å². The quantitative estimate of drug-likeness (QED) is 0.544. The lowest BCUT2D eigenvalue weighted by Gasteiger charge is -2.01. The van der Waals surface area contributed by atoms with E-state index in [1.807, 2.05) is 0 Å². The van der Waals surface area contributed by atoms with Gasteiger partial charge in [-0.1, -0.05) is 12.1 Å². The summed E-state index contributed by atoms with van der Waals surface area (Å²) in [7, 11) is 0. The van der Waals surface area contributed by atoms with Gasteiger partial charge in [-0.05, 0) is 55.0 Å². The molecule has 0 aliphatic carbocycles. The third kappa shape index (κ3) is 3.74. The van der Waals surface area contributed by atoms with Gasteiger partial charge in [0.15, 0.2) is 0 Å². The maximum absolute atomic E-state index is 4.50. The SMILES string of the molecule is C/C(=C\c1ccc(/C=C/c2cc3ccc(C4=NCCN4)cc3[nH]2)[nH]1)C1=NCCN1. The number of nitrogens with zero attached hydrogens (tertiary/aromatic N) is 2. The molecule has 6 nitrogen and oxygen atoms in total. The molecule has 4 heterocycles. The fourth-order valence-corrected chi connectivity index (χ4v) is 3.73. The van der Waals surface area contributed by atoms with E-state index in [0.29, 0.717) is 0 Å². The molecule has 2 aromatic heterocycles. The molecular formula is C23H24N6. The predicted molar refractivity (Wildman–Crippen MR) is 121 cm³/mol. The summed E-state index contributed by atoms with van der Waals surface area (Å²) in [4.78, 5) is 15.9. The Morgan fingerprint density at radius 2 is 1.69 bits per heavy atom. The average Bonchev–Trinajstić information content (AvgIpc) is 3.53. The van der Waals surface area contributed by atoms with Gasteiger partial charge in [-0.25, -0.2) is 0 Å². The van der Waals surface area contributed by atoms with Gasteiger partial charge in [0, 0.05) is 46.6 Å². The van der Waals surface area contributed by atoms with Crippen LogP contribution < -0.4 is 10.6 Å². The number of hydrogen-bond acceptors (Lipinski definition) is 4.